The van der Waals surface area contributed by atoms with Gasteiger partial charge in [0.2, 0.25) is 0 Å². The Labute approximate surface area is 127 Å². The third kappa shape index (κ3) is 1.86. The SMILES string of the molecule is Nc1nn(C(=O)C2CCNc3ccccc32)c2ccccc12. The Kier molecular flexibility index (Phi) is 2.85. The van der Waals surface area contributed by atoms with E-state index in [1.165, 1.54) is 4.68 Å². The average molecular weight is 292 g/mol. The smallest absolute Gasteiger partial charge is 0.255 e. The maximum Gasteiger partial charge on any atom is 0.255 e. The van der Waals surface area contributed by atoms with Crippen molar-refractivity contribution in [3.63, 3.8) is 0 Å². The van der Waals surface area contributed by atoms with Gasteiger partial charge in [-0.25, -0.2) is 0 Å². The Morgan fingerprint density at radius 1 is 1.18 bits per heavy atom. The third-order valence-corrected chi connectivity index (χ3v) is 4.21. The number of nitrogen functional groups attached to an aromatic ring is 1. The van der Waals surface area contributed by atoms with Crippen LogP contribution in [0.5, 0.6) is 0 Å². The number of hydrogen-bond donors (Lipinski definition) is 2. The number of fused-ring (bicyclic) bond motifs is 2. The van der Waals surface area contributed by atoms with Crippen molar-refractivity contribution in [2.75, 3.05) is 17.6 Å². The molecular weight excluding hydrogens is 276 g/mol. The van der Waals surface area contributed by atoms with Gasteiger partial charge in [-0.15, -0.1) is 5.10 Å². The molecule has 1 atom stereocenters. The van der Waals surface area contributed by atoms with Crippen LogP contribution in [0, 0.1) is 0 Å². The number of para-hydroxylation sites is 2. The van der Waals surface area contributed by atoms with Gasteiger partial charge in [0.1, 0.15) is 0 Å². The summed E-state index contributed by atoms with van der Waals surface area (Å²) < 4.78 is 1.46. The summed E-state index contributed by atoms with van der Waals surface area (Å²) in [7, 11) is 0. The molecule has 2 heterocycles. The molecule has 1 aliphatic rings. The first-order chi connectivity index (χ1) is 10.8. The van der Waals surface area contributed by atoms with Gasteiger partial charge in [0.15, 0.2) is 5.82 Å². The summed E-state index contributed by atoms with van der Waals surface area (Å²) in [4.78, 5) is 13.0. The Hall–Kier alpha value is -2.82. The summed E-state index contributed by atoms with van der Waals surface area (Å²) in [6.07, 6.45) is 0.754. The zero-order chi connectivity index (χ0) is 15.1. The van der Waals surface area contributed by atoms with E-state index in [0.29, 0.717) is 5.82 Å². The molecule has 0 radical (unpaired) electrons. The molecule has 1 aromatic heterocycles. The lowest BCUT2D eigenvalue weighted by molar-refractivity contribution is 0.0863. The van der Waals surface area contributed by atoms with Crippen LogP contribution in [0.2, 0.25) is 0 Å². The van der Waals surface area contributed by atoms with Crippen LogP contribution in [-0.2, 0) is 0 Å². The van der Waals surface area contributed by atoms with Gasteiger partial charge in [0.25, 0.3) is 5.91 Å². The molecule has 0 bridgehead atoms. The molecule has 3 aromatic rings. The number of rotatable bonds is 1. The van der Waals surface area contributed by atoms with Gasteiger partial charge in [-0.1, -0.05) is 30.3 Å². The molecule has 5 nitrogen and oxygen atoms in total. The van der Waals surface area contributed by atoms with Crippen molar-refractivity contribution in [3.8, 4) is 0 Å². The molecule has 1 unspecified atom stereocenters. The highest BCUT2D eigenvalue weighted by atomic mass is 16.2. The second kappa shape index (κ2) is 4.87. The maximum absolute atomic E-state index is 13.0. The van der Waals surface area contributed by atoms with E-state index in [1.807, 2.05) is 48.5 Å². The number of nitrogens with two attached hydrogens (primary N) is 1. The van der Waals surface area contributed by atoms with Crippen molar-refractivity contribution in [2.24, 2.45) is 0 Å². The number of nitrogens with zero attached hydrogens (tertiary/aromatic N) is 2. The highest BCUT2D eigenvalue weighted by Crippen LogP contribution is 2.33. The molecule has 0 fully saturated rings. The van der Waals surface area contributed by atoms with Crippen LogP contribution in [-0.4, -0.2) is 22.2 Å². The summed E-state index contributed by atoms with van der Waals surface area (Å²) >= 11 is 0. The Morgan fingerprint density at radius 2 is 1.95 bits per heavy atom. The second-order valence-corrected chi connectivity index (χ2v) is 5.51. The van der Waals surface area contributed by atoms with Crippen LogP contribution in [0.3, 0.4) is 0 Å². The van der Waals surface area contributed by atoms with Crippen LogP contribution in [0.1, 0.15) is 22.7 Å². The monoisotopic (exact) mass is 292 g/mol. The van der Waals surface area contributed by atoms with Gasteiger partial charge in [0, 0.05) is 17.6 Å². The normalized spacial score (nSPS) is 17.0. The van der Waals surface area contributed by atoms with E-state index < -0.39 is 0 Å². The highest BCUT2D eigenvalue weighted by Gasteiger charge is 2.29. The molecule has 1 aliphatic heterocycles. The van der Waals surface area contributed by atoms with Crippen molar-refractivity contribution in [1.82, 2.24) is 9.78 Å². The summed E-state index contributed by atoms with van der Waals surface area (Å²) in [5.41, 5.74) is 8.76. The second-order valence-electron chi connectivity index (χ2n) is 5.51. The fraction of sp³-hybridized carbons (Fsp3) is 0.176. The minimum absolute atomic E-state index is 0.0261. The quantitative estimate of drug-likeness (QED) is 0.723. The molecule has 5 heteroatoms. The van der Waals surface area contributed by atoms with E-state index in [2.05, 4.69) is 10.4 Å². The van der Waals surface area contributed by atoms with Gasteiger partial charge < -0.3 is 11.1 Å². The first kappa shape index (κ1) is 12.9. The van der Waals surface area contributed by atoms with E-state index in [1.54, 1.807) is 0 Å². The van der Waals surface area contributed by atoms with Crippen LogP contribution in [0.25, 0.3) is 10.9 Å². The zero-order valence-electron chi connectivity index (χ0n) is 12.0. The van der Waals surface area contributed by atoms with Crippen LogP contribution in [0.4, 0.5) is 11.5 Å². The van der Waals surface area contributed by atoms with Crippen molar-refractivity contribution in [2.45, 2.75) is 12.3 Å². The molecule has 22 heavy (non-hydrogen) atoms. The lowest BCUT2D eigenvalue weighted by Crippen LogP contribution is -2.27. The summed E-state index contributed by atoms with van der Waals surface area (Å²) in [5, 5.41) is 8.41. The highest BCUT2D eigenvalue weighted by molar-refractivity contribution is 5.99. The predicted molar refractivity (Wildman–Crippen MR) is 87.1 cm³/mol. The number of hydrogen-bond acceptors (Lipinski definition) is 4. The lowest BCUT2D eigenvalue weighted by atomic mass is 9.90. The summed E-state index contributed by atoms with van der Waals surface area (Å²) in [6, 6.07) is 15.5. The fourth-order valence-electron chi connectivity index (χ4n) is 3.13. The number of carbonyl (C=O) groups is 1. The summed E-state index contributed by atoms with van der Waals surface area (Å²) in [5.74, 6) is 0.174. The van der Waals surface area contributed by atoms with Gasteiger partial charge in [-0.3, -0.25) is 4.79 Å². The standard InChI is InChI=1S/C17H16N4O/c18-16-13-6-2-4-8-15(13)21(20-16)17(22)12-9-10-19-14-7-3-1-5-11(12)14/h1-8,12,19H,9-10H2,(H2,18,20). The molecule has 0 saturated carbocycles. The molecular formula is C17H16N4O. The number of nitrogens with one attached hydrogen (secondary N) is 1. The van der Waals surface area contributed by atoms with E-state index in [9.17, 15) is 4.79 Å². The molecule has 110 valence electrons. The van der Waals surface area contributed by atoms with Crippen molar-refractivity contribution < 1.29 is 4.79 Å². The zero-order valence-corrected chi connectivity index (χ0v) is 12.0. The minimum Gasteiger partial charge on any atom is -0.385 e. The number of benzene rings is 2. The van der Waals surface area contributed by atoms with E-state index in [-0.39, 0.29) is 11.8 Å². The van der Waals surface area contributed by atoms with Gasteiger partial charge in [-0.2, -0.15) is 4.68 Å². The third-order valence-electron chi connectivity index (χ3n) is 4.21. The fourth-order valence-corrected chi connectivity index (χ4v) is 3.13. The van der Waals surface area contributed by atoms with Crippen LogP contribution >= 0.6 is 0 Å². The number of aromatic nitrogens is 2. The Bertz CT molecular complexity index is 868. The number of anilines is 2. The molecule has 0 spiro atoms. The van der Waals surface area contributed by atoms with Gasteiger partial charge in [0.05, 0.1) is 11.4 Å². The van der Waals surface area contributed by atoms with Crippen LogP contribution in [0.15, 0.2) is 48.5 Å². The van der Waals surface area contributed by atoms with Gasteiger partial charge >= 0.3 is 0 Å². The first-order valence-electron chi connectivity index (χ1n) is 7.36. The van der Waals surface area contributed by atoms with Crippen molar-refractivity contribution >= 4 is 28.3 Å². The molecule has 2 aromatic carbocycles. The van der Waals surface area contributed by atoms with E-state index in [4.69, 9.17) is 5.73 Å². The first-order valence-corrected chi connectivity index (χ1v) is 7.36. The predicted octanol–water partition coefficient (Wildman–Crippen LogP) is 2.86. The topological polar surface area (TPSA) is 72.9 Å². The largest absolute Gasteiger partial charge is 0.385 e. The average Bonchev–Trinajstić information content (AvgIpc) is 2.91. The lowest BCUT2D eigenvalue weighted by Gasteiger charge is -2.25. The molecule has 0 aliphatic carbocycles. The molecule has 0 amide bonds. The minimum atomic E-state index is -0.194. The molecule has 3 N–H and O–H groups in total. The number of carbonyl (C=O) groups excluding carboxylic acids is 1. The summed E-state index contributed by atoms with van der Waals surface area (Å²) in [6.45, 7) is 0.780. The Morgan fingerprint density at radius 3 is 2.86 bits per heavy atom. The van der Waals surface area contributed by atoms with Gasteiger partial charge in [-0.05, 0) is 30.2 Å². The van der Waals surface area contributed by atoms with Crippen molar-refractivity contribution in [1.29, 1.82) is 0 Å². The Balaban J connectivity index is 1.82. The molecule has 0 saturated heterocycles. The van der Waals surface area contributed by atoms with E-state index >= 15 is 0 Å². The van der Waals surface area contributed by atoms with Crippen molar-refractivity contribution in [3.05, 3.63) is 54.1 Å². The molecule has 4 rings (SSSR count). The maximum atomic E-state index is 13.0. The van der Waals surface area contributed by atoms with E-state index in [0.717, 1.165) is 35.1 Å². The van der Waals surface area contributed by atoms with Crippen LogP contribution < -0.4 is 11.1 Å².